The lowest BCUT2D eigenvalue weighted by atomic mass is 10.0. The second-order valence-corrected chi connectivity index (χ2v) is 6.71. The summed E-state index contributed by atoms with van der Waals surface area (Å²) in [6.45, 7) is 4.62. The van der Waals surface area contributed by atoms with Gasteiger partial charge in [0.05, 0.1) is 24.1 Å². The first-order valence-electron chi connectivity index (χ1n) is 8.69. The summed E-state index contributed by atoms with van der Waals surface area (Å²) in [5, 5.41) is 10.9. The fourth-order valence-electron chi connectivity index (χ4n) is 3.23. The van der Waals surface area contributed by atoms with Crippen LogP contribution in [-0.2, 0) is 4.74 Å². The molecule has 0 saturated carbocycles. The van der Waals surface area contributed by atoms with Crippen LogP contribution in [0.5, 0.6) is 5.75 Å². The molecule has 0 aliphatic carbocycles. The molecule has 3 rings (SSSR count). The topological polar surface area (TPSA) is 81.9 Å². The van der Waals surface area contributed by atoms with Gasteiger partial charge in [-0.3, -0.25) is 14.9 Å². The Morgan fingerprint density at radius 2 is 1.89 bits per heavy atom. The molecule has 0 N–H and O–H groups in total. The highest BCUT2D eigenvalue weighted by Gasteiger charge is 2.37. The predicted octanol–water partition coefficient (Wildman–Crippen LogP) is 3.13. The average Bonchev–Trinajstić information content (AvgIpc) is 3.06. The van der Waals surface area contributed by atoms with E-state index in [4.69, 9.17) is 9.47 Å². The van der Waals surface area contributed by atoms with Gasteiger partial charge >= 0.3 is 0 Å². The van der Waals surface area contributed by atoms with Crippen LogP contribution in [0.3, 0.4) is 0 Å². The minimum Gasteiger partial charge on any atom is -0.486 e. The number of nitrogens with zero attached hydrogens (tertiary/aromatic N) is 2. The molecule has 1 fully saturated rings. The minimum atomic E-state index is -0.467. The number of hydrogen-bond donors (Lipinski definition) is 0. The molecule has 27 heavy (non-hydrogen) atoms. The van der Waals surface area contributed by atoms with Crippen molar-refractivity contribution in [2.45, 2.75) is 26.1 Å². The third-order valence-corrected chi connectivity index (χ3v) is 4.74. The number of hydrogen-bond acceptors (Lipinski definition) is 5. The Bertz CT molecular complexity index is 867. The number of nitro benzene ring substituents is 1. The fraction of sp³-hybridized carbons (Fsp3) is 0.350. The van der Waals surface area contributed by atoms with Gasteiger partial charge in [0.25, 0.3) is 11.6 Å². The zero-order valence-corrected chi connectivity index (χ0v) is 15.5. The Kier molecular flexibility index (Phi) is 5.41. The highest BCUT2D eigenvalue weighted by Crippen LogP contribution is 2.25. The smallest absolute Gasteiger partial charge is 0.273 e. The summed E-state index contributed by atoms with van der Waals surface area (Å²) in [5.41, 5.74) is 2.57. The zero-order chi connectivity index (χ0) is 19.6. The predicted molar refractivity (Wildman–Crippen MR) is 100 cm³/mol. The van der Waals surface area contributed by atoms with Crippen LogP contribution in [0.2, 0.25) is 0 Å². The van der Waals surface area contributed by atoms with E-state index >= 15 is 0 Å². The molecule has 0 bridgehead atoms. The average molecular weight is 370 g/mol. The Morgan fingerprint density at radius 3 is 2.59 bits per heavy atom. The van der Waals surface area contributed by atoms with E-state index in [-0.39, 0.29) is 17.7 Å². The van der Waals surface area contributed by atoms with Crippen LogP contribution in [0.15, 0.2) is 42.5 Å². The number of carbonyl (C=O) groups excluding carboxylic acids is 1. The van der Waals surface area contributed by atoms with E-state index in [1.165, 1.54) is 12.1 Å². The molecule has 7 nitrogen and oxygen atoms in total. The second kappa shape index (κ2) is 7.75. The number of aryl methyl sites for hydroxylation is 2. The molecule has 2 aromatic carbocycles. The quantitative estimate of drug-likeness (QED) is 0.597. The van der Waals surface area contributed by atoms with E-state index in [9.17, 15) is 14.9 Å². The maximum atomic E-state index is 12.9. The van der Waals surface area contributed by atoms with E-state index in [0.717, 1.165) is 11.1 Å². The first-order valence-corrected chi connectivity index (χ1v) is 8.69. The van der Waals surface area contributed by atoms with Gasteiger partial charge in [-0.05, 0) is 31.5 Å². The Hall–Kier alpha value is -2.93. The zero-order valence-electron chi connectivity index (χ0n) is 15.5. The summed E-state index contributed by atoms with van der Waals surface area (Å²) < 4.78 is 11.4. The van der Waals surface area contributed by atoms with Gasteiger partial charge in [-0.1, -0.05) is 23.8 Å². The van der Waals surface area contributed by atoms with Crippen LogP contribution in [0.25, 0.3) is 0 Å². The van der Waals surface area contributed by atoms with Gasteiger partial charge in [0.2, 0.25) is 0 Å². The van der Waals surface area contributed by atoms with Gasteiger partial charge in [-0.15, -0.1) is 0 Å². The molecule has 0 aromatic heterocycles. The van der Waals surface area contributed by atoms with Crippen molar-refractivity contribution in [1.82, 2.24) is 4.90 Å². The second-order valence-electron chi connectivity index (χ2n) is 6.71. The van der Waals surface area contributed by atoms with Crippen molar-refractivity contribution in [2.24, 2.45) is 0 Å². The van der Waals surface area contributed by atoms with Gasteiger partial charge < -0.3 is 14.4 Å². The summed E-state index contributed by atoms with van der Waals surface area (Å²) >= 11 is 0. The molecule has 0 spiro atoms. The Labute approximate surface area is 157 Å². The summed E-state index contributed by atoms with van der Waals surface area (Å²) in [4.78, 5) is 25.1. The van der Waals surface area contributed by atoms with E-state index in [2.05, 4.69) is 0 Å². The third kappa shape index (κ3) is 4.09. The Morgan fingerprint density at radius 1 is 1.15 bits per heavy atom. The van der Waals surface area contributed by atoms with Crippen molar-refractivity contribution in [3.05, 3.63) is 69.3 Å². The largest absolute Gasteiger partial charge is 0.486 e. The number of benzene rings is 2. The lowest BCUT2D eigenvalue weighted by Crippen LogP contribution is -2.32. The number of ether oxygens (including phenoxy) is 2. The normalized spacial score (nSPS) is 19.1. The molecule has 1 heterocycles. The molecule has 7 heteroatoms. The number of amides is 1. The summed E-state index contributed by atoms with van der Waals surface area (Å²) in [5.74, 6) is 0.320. The lowest BCUT2D eigenvalue weighted by molar-refractivity contribution is -0.385. The number of likely N-dealkylation sites (tertiary alicyclic amines) is 1. The number of non-ortho nitro benzene ring substituents is 1. The van der Waals surface area contributed by atoms with E-state index in [1.54, 1.807) is 24.1 Å². The molecular formula is C20H22N2O5. The third-order valence-electron chi connectivity index (χ3n) is 4.74. The summed E-state index contributed by atoms with van der Waals surface area (Å²) in [6.07, 6.45) is -0.704. The van der Waals surface area contributed by atoms with Crippen molar-refractivity contribution in [3.8, 4) is 5.75 Å². The van der Waals surface area contributed by atoms with Crippen molar-refractivity contribution >= 4 is 11.6 Å². The fourth-order valence-corrected chi connectivity index (χ4v) is 3.23. The van der Waals surface area contributed by atoms with Crippen molar-refractivity contribution in [1.29, 1.82) is 0 Å². The SMILES string of the molecule is CO[C@@H]1CN(C(=O)c2cc(C)ccc2C)C[C@H]1Oc1cccc([N+](=O)[O-])c1. The van der Waals surface area contributed by atoms with Crippen molar-refractivity contribution in [3.63, 3.8) is 0 Å². The molecule has 1 amide bonds. The van der Waals surface area contributed by atoms with E-state index < -0.39 is 11.0 Å². The van der Waals surface area contributed by atoms with Crippen LogP contribution >= 0.6 is 0 Å². The molecule has 0 unspecified atom stereocenters. The number of carbonyl (C=O) groups is 1. The molecular weight excluding hydrogens is 348 g/mol. The monoisotopic (exact) mass is 370 g/mol. The number of rotatable bonds is 5. The first kappa shape index (κ1) is 18.8. The standard InChI is InChI=1S/C20H22N2O5/c1-13-7-8-14(2)17(9-13)20(23)21-11-18(26-3)19(12-21)27-16-6-4-5-15(10-16)22(24)25/h4-10,18-19H,11-12H2,1-3H3/t18-,19-/m1/s1. The van der Waals surface area contributed by atoms with E-state index in [1.807, 2.05) is 32.0 Å². The summed E-state index contributed by atoms with van der Waals surface area (Å²) in [6, 6.07) is 11.8. The lowest BCUT2D eigenvalue weighted by Gasteiger charge is -2.18. The summed E-state index contributed by atoms with van der Waals surface area (Å²) in [7, 11) is 1.57. The molecule has 2 atom stereocenters. The molecule has 1 aliphatic heterocycles. The molecule has 0 radical (unpaired) electrons. The van der Waals surface area contributed by atoms with Crippen LogP contribution in [0.4, 0.5) is 5.69 Å². The van der Waals surface area contributed by atoms with Crippen LogP contribution in [0, 0.1) is 24.0 Å². The van der Waals surface area contributed by atoms with Gasteiger partial charge in [0.1, 0.15) is 18.0 Å². The molecule has 2 aromatic rings. The molecule has 1 aliphatic rings. The van der Waals surface area contributed by atoms with Gasteiger partial charge in [-0.2, -0.15) is 0 Å². The Balaban J connectivity index is 1.77. The highest BCUT2D eigenvalue weighted by atomic mass is 16.6. The van der Waals surface area contributed by atoms with Gasteiger partial charge in [0.15, 0.2) is 0 Å². The highest BCUT2D eigenvalue weighted by molar-refractivity contribution is 5.96. The van der Waals surface area contributed by atoms with Crippen LogP contribution in [-0.4, -0.2) is 48.1 Å². The first-order chi connectivity index (χ1) is 12.9. The van der Waals surface area contributed by atoms with Crippen molar-refractivity contribution < 1.29 is 19.2 Å². The number of methoxy groups -OCH3 is 1. The minimum absolute atomic E-state index is 0.0391. The van der Waals surface area contributed by atoms with Crippen LogP contribution < -0.4 is 4.74 Å². The maximum Gasteiger partial charge on any atom is 0.273 e. The van der Waals surface area contributed by atoms with E-state index in [0.29, 0.717) is 24.4 Å². The van der Waals surface area contributed by atoms with Crippen molar-refractivity contribution in [2.75, 3.05) is 20.2 Å². The maximum absolute atomic E-state index is 12.9. The van der Waals surface area contributed by atoms with Gasteiger partial charge in [-0.25, -0.2) is 0 Å². The molecule has 142 valence electrons. The van der Waals surface area contributed by atoms with Gasteiger partial charge in [0, 0.05) is 18.7 Å². The number of nitro groups is 1. The molecule has 1 saturated heterocycles. The van der Waals surface area contributed by atoms with Crippen LogP contribution in [0.1, 0.15) is 21.5 Å².